The van der Waals surface area contributed by atoms with Gasteiger partial charge in [-0.25, -0.2) is 4.98 Å². The lowest BCUT2D eigenvalue weighted by molar-refractivity contribution is 0.234. The molecule has 1 heterocycles. The number of para-hydroxylation sites is 1. The van der Waals surface area contributed by atoms with Crippen molar-refractivity contribution in [1.29, 1.82) is 0 Å². The molecule has 6 heteroatoms. The van der Waals surface area contributed by atoms with Crippen LogP contribution in [0.5, 0.6) is 17.4 Å². The molecule has 0 saturated carbocycles. The molecule has 0 fully saturated rings. The summed E-state index contributed by atoms with van der Waals surface area (Å²) in [5.41, 5.74) is 6.11. The van der Waals surface area contributed by atoms with Gasteiger partial charge in [-0.2, -0.15) is 0 Å². The fourth-order valence-electron chi connectivity index (χ4n) is 3.16. The van der Waals surface area contributed by atoms with Crippen molar-refractivity contribution in [3.63, 3.8) is 0 Å². The third-order valence-corrected chi connectivity index (χ3v) is 4.76. The molecule has 0 saturated heterocycles. The first-order valence-electron chi connectivity index (χ1n) is 10.4. The topological polar surface area (TPSA) is 76.0 Å². The van der Waals surface area contributed by atoms with Crippen LogP contribution in [0.4, 0.5) is 0 Å². The van der Waals surface area contributed by atoms with Gasteiger partial charge in [-0.1, -0.05) is 38.1 Å². The number of amidine groups is 1. The monoisotopic (exact) mass is 419 g/mol. The Morgan fingerprint density at radius 1 is 1.13 bits per heavy atom. The van der Waals surface area contributed by atoms with Gasteiger partial charge in [-0.05, 0) is 55.2 Å². The maximum atomic E-state index is 9.58. The van der Waals surface area contributed by atoms with E-state index in [4.69, 9.17) is 9.47 Å². The highest BCUT2D eigenvalue weighted by Crippen LogP contribution is 2.26. The van der Waals surface area contributed by atoms with Gasteiger partial charge in [-0.15, -0.1) is 0 Å². The second-order valence-electron chi connectivity index (χ2n) is 7.54. The lowest BCUT2D eigenvalue weighted by atomic mass is 10.0. The zero-order valence-electron chi connectivity index (χ0n) is 18.4. The SMILES string of the molecule is CCOc1ccccc1CN=C(NO)c1ccc(Oc2cc(C)cc(C(C)C)c2)nc1. The summed E-state index contributed by atoms with van der Waals surface area (Å²) in [5.74, 6) is 2.75. The molecule has 0 radical (unpaired) electrons. The maximum absolute atomic E-state index is 9.58. The minimum atomic E-state index is 0.322. The molecule has 2 aromatic carbocycles. The molecule has 2 N–H and O–H groups in total. The molecule has 0 aliphatic heterocycles. The van der Waals surface area contributed by atoms with Gasteiger partial charge in [0.15, 0.2) is 5.84 Å². The number of hydrogen-bond acceptors (Lipinski definition) is 5. The first-order chi connectivity index (χ1) is 15.0. The fraction of sp³-hybridized carbons (Fsp3) is 0.280. The first-order valence-corrected chi connectivity index (χ1v) is 10.4. The number of pyridine rings is 1. The normalized spacial score (nSPS) is 11.5. The van der Waals surface area contributed by atoms with E-state index < -0.39 is 0 Å². The number of hydroxylamine groups is 1. The van der Waals surface area contributed by atoms with Gasteiger partial charge < -0.3 is 9.47 Å². The molecular formula is C25H29N3O3. The van der Waals surface area contributed by atoms with E-state index in [0.717, 1.165) is 22.6 Å². The van der Waals surface area contributed by atoms with Gasteiger partial charge in [0.1, 0.15) is 11.5 Å². The molecule has 3 aromatic rings. The molecular weight excluding hydrogens is 390 g/mol. The Balaban J connectivity index is 1.74. The van der Waals surface area contributed by atoms with E-state index in [9.17, 15) is 5.21 Å². The summed E-state index contributed by atoms with van der Waals surface area (Å²) in [6.45, 7) is 9.24. The molecule has 0 atom stereocenters. The molecule has 0 spiro atoms. The molecule has 0 amide bonds. The first kappa shape index (κ1) is 22.3. The highest BCUT2D eigenvalue weighted by molar-refractivity contribution is 5.97. The average molecular weight is 420 g/mol. The van der Waals surface area contributed by atoms with Crippen LogP contribution in [0, 0.1) is 6.92 Å². The van der Waals surface area contributed by atoms with E-state index in [1.165, 1.54) is 5.56 Å². The quantitative estimate of drug-likeness (QED) is 0.281. The smallest absolute Gasteiger partial charge is 0.219 e. The van der Waals surface area contributed by atoms with Crippen molar-refractivity contribution in [3.8, 4) is 17.4 Å². The fourth-order valence-corrected chi connectivity index (χ4v) is 3.16. The van der Waals surface area contributed by atoms with E-state index >= 15 is 0 Å². The van der Waals surface area contributed by atoms with Crippen LogP contribution in [0.3, 0.4) is 0 Å². The van der Waals surface area contributed by atoms with E-state index in [0.29, 0.717) is 36.3 Å². The van der Waals surface area contributed by atoms with Gasteiger partial charge in [0, 0.05) is 23.4 Å². The number of nitrogens with zero attached hydrogens (tertiary/aromatic N) is 2. The predicted molar refractivity (Wildman–Crippen MR) is 122 cm³/mol. The summed E-state index contributed by atoms with van der Waals surface area (Å²) in [6, 6.07) is 17.5. The van der Waals surface area contributed by atoms with Crippen molar-refractivity contribution < 1.29 is 14.7 Å². The zero-order chi connectivity index (χ0) is 22.2. The maximum Gasteiger partial charge on any atom is 0.219 e. The van der Waals surface area contributed by atoms with Crippen molar-refractivity contribution in [1.82, 2.24) is 10.5 Å². The molecule has 162 valence electrons. The van der Waals surface area contributed by atoms with Crippen LogP contribution < -0.4 is 15.0 Å². The Morgan fingerprint density at radius 3 is 2.61 bits per heavy atom. The van der Waals surface area contributed by atoms with Gasteiger partial charge in [0.2, 0.25) is 5.88 Å². The van der Waals surface area contributed by atoms with Crippen molar-refractivity contribution >= 4 is 5.84 Å². The Labute approximate surface area is 183 Å². The number of hydrogen-bond donors (Lipinski definition) is 2. The van der Waals surface area contributed by atoms with Gasteiger partial charge in [0.05, 0.1) is 13.2 Å². The molecule has 1 aromatic heterocycles. The van der Waals surface area contributed by atoms with Crippen LogP contribution in [0.25, 0.3) is 0 Å². The number of ether oxygens (including phenoxy) is 2. The summed E-state index contributed by atoms with van der Waals surface area (Å²) < 4.78 is 11.6. The van der Waals surface area contributed by atoms with Crippen LogP contribution in [-0.2, 0) is 6.54 Å². The molecule has 3 rings (SSSR count). The second kappa shape index (κ2) is 10.6. The molecule has 0 bridgehead atoms. The second-order valence-corrected chi connectivity index (χ2v) is 7.54. The molecule has 6 nitrogen and oxygen atoms in total. The van der Waals surface area contributed by atoms with Crippen molar-refractivity contribution in [2.75, 3.05) is 6.61 Å². The number of aromatic nitrogens is 1. The third-order valence-electron chi connectivity index (χ3n) is 4.76. The minimum absolute atomic E-state index is 0.322. The molecule has 0 aliphatic rings. The summed E-state index contributed by atoms with van der Waals surface area (Å²) in [7, 11) is 0. The lowest BCUT2D eigenvalue weighted by Crippen LogP contribution is -2.20. The van der Waals surface area contributed by atoms with Gasteiger partial charge in [-0.3, -0.25) is 15.7 Å². The Bertz CT molecular complexity index is 1030. The highest BCUT2D eigenvalue weighted by Gasteiger charge is 2.08. The van der Waals surface area contributed by atoms with E-state index in [-0.39, 0.29) is 0 Å². The number of nitrogens with one attached hydrogen (secondary N) is 1. The summed E-state index contributed by atoms with van der Waals surface area (Å²) in [4.78, 5) is 8.85. The molecule has 0 aliphatic carbocycles. The number of aryl methyl sites for hydroxylation is 1. The number of aliphatic imine (C=N–C) groups is 1. The highest BCUT2D eigenvalue weighted by atomic mass is 16.5. The van der Waals surface area contributed by atoms with Crippen LogP contribution >= 0.6 is 0 Å². The summed E-state index contributed by atoms with van der Waals surface area (Å²) in [5, 5.41) is 9.58. The summed E-state index contributed by atoms with van der Waals surface area (Å²) >= 11 is 0. The van der Waals surface area contributed by atoms with Crippen molar-refractivity contribution in [2.24, 2.45) is 4.99 Å². The Morgan fingerprint density at radius 2 is 1.94 bits per heavy atom. The summed E-state index contributed by atoms with van der Waals surface area (Å²) in [6.07, 6.45) is 1.62. The van der Waals surface area contributed by atoms with E-state index in [1.807, 2.05) is 43.3 Å². The standard InChI is InChI=1S/C25H29N3O3/c1-5-30-23-9-7-6-8-19(23)15-27-25(28-29)20-10-11-24(26-16-20)31-22-13-18(4)12-21(14-22)17(2)3/h6-14,16-17,29H,5,15H2,1-4H3,(H,27,28). The van der Waals surface area contributed by atoms with E-state index in [2.05, 4.69) is 42.3 Å². The van der Waals surface area contributed by atoms with Gasteiger partial charge >= 0.3 is 0 Å². The number of rotatable bonds is 8. The Hall–Kier alpha value is -3.38. The van der Waals surface area contributed by atoms with E-state index in [1.54, 1.807) is 18.3 Å². The average Bonchev–Trinajstić information content (AvgIpc) is 2.76. The predicted octanol–water partition coefficient (Wildman–Crippen LogP) is 5.63. The van der Waals surface area contributed by atoms with Crippen molar-refractivity contribution in [2.45, 2.75) is 40.2 Å². The molecule has 0 unspecified atom stereocenters. The van der Waals surface area contributed by atoms with Crippen molar-refractivity contribution in [3.05, 3.63) is 83.0 Å². The largest absolute Gasteiger partial charge is 0.494 e. The third kappa shape index (κ3) is 6.06. The zero-order valence-corrected chi connectivity index (χ0v) is 18.4. The van der Waals surface area contributed by atoms with Crippen LogP contribution in [0.2, 0.25) is 0 Å². The van der Waals surface area contributed by atoms with Crippen LogP contribution in [-0.4, -0.2) is 22.6 Å². The number of benzene rings is 2. The van der Waals surface area contributed by atoms with Crippen LogP contribution in [0.15, 0.2) is 65.8 Å². The van der Waals surface area contributed by atoms with Gasteiger partial charge in [0.25, 0.3) is 0 Å². The Kier molecular flexibility index (Phi) is 7.62. The minimum Gasteiger partial charge on any atom is -0.494 e. The molecule has 31 heavy (non-hydrogen) atoms. The lowest BCUT2D eigenvalue weighted by Gasteiger charge is -2.12. The van der Waals surface area contributed by atoms with Crippen LogP contribution in [0.1, 0.15) is 48.9 Å².